The van der Waals surface area contributed by atoms with Crippen molar-refractivity contribution in [2.24, 2.45) is 0 Å². The number of carboxylic acid groups (broad SMARTS) is 1. The number of ether oxygens (including phenoxy) is 2. The van der Waals surface area contributed by atoms with Crippen LogP contribution in [0.5, 0.6) is 11.5 Å². The highest BCUT2D eigenvalue weighted by Gasteiger charge is 2.31. The third-order valence-corrected chi connectivity index (χ3v) is 3.79. The molecule has 0 saturated heterocycles. The maximum atomic E-state index is 11.5. The lowest BCUT2D eigenvalue weighted by Gasteiger charge is -2.27. The van der Waals surface area contributed by atoms with Crippen LogP contribution in [-0.4, -0.2) is 24.3 Å². The highest BCUT2D eigenvalue weighted by Crippen LogP contribution is 2.46. The Balaban J connectivity index is 2.31. The summed E-state index contributed by atoms with van der Waals surface area (Å²) >= 11 is 6.32. The fraction of sp³-hybridized carbons (Fsp3) is 0.462. The van der Waals surface area contributed by atoms with Crippen molar-refractivity contribution in [3.8, 4) is 11.5 Å². The lowest BCUT2D eigenvalue weighted by Crippen LogP contribution is -2.19. The van der Waals surface area contributed by atoms with Crippen molar-refractivity contribution in [3.63, 3.8) is 0 Å². The van der Waals surface area contributed by atoms with E-state index in [1.165, 1.54) is 0 Å². The maximum absolute atomic E-state index is 11.5. The van der Waals surface area contributed by atoms with Crippen LogP contribution in [-0.2, 0) is 12.8 Å². The second-order valence-corrected chi connectivity index (χ2v) is 4.89. The molecule has 2 heterocycles. The molecule has 5 heteroatoms. The molecule has 3 rings (SSSR count). The molecule has 0 radical (unpaired) electrons. The van der Waals surface area contributed by atoms with Gasteiger partial charge < -0.3 is 14.6 Å². The van der Waals surface area contributed by atoms with Gasteiger partial charge in [0, 0.05) is 11.1 Å². The van der Waals surface area contributed by atoms with Crippen molar-refractivity contribution in [2.75, 3.05) is 13.2 Å². The van der Waals surface area contributed by atoms with E-state index in [4.69, 9.17) is 21.1 Å². The van der Waals surface area contributed by atoms with Gasteiger partial charge in [0.25, 0.3) is 0 Å². The summed E-state index contributed by atoms with van der Waals surface area (Å²) in [7, 11) is 0. The lowest BCUT2D eigenvalue weighted by atomic mass is 9.93. The van der Waals surface area contributed by atoms with Gasteiger partial charge >= 0.3 is 5.97 Å². The molecule has 0 saturated carbocycles. The molecule has 1 N–H and O–H groups in total. The second-order valence-electron chi connectivity index (χ2n) is 4.51. The molecule has 0 unspecified atom stereocenters. The van der Waals surface area contributed by atoms with Gasteiger partial charge in [0.15, 0.2) is 0 Å². The van der Waals surface area contributed by atoms with Crippen LogP contribution >= 0.6 is 11.6 Å². The second kappa shape index (κ2) is 4.35. The first-order valence-electron chi connectivity index (χ1n) is 6.06. The molecule has 1 aromatic rings. The topological polar surface area (TPSA) is 55.8 Å². The summed E-state index contributed by atoms with van der Waals surface area (Å²) in [6.45, 7) is 1.13. The predicted octanol–water partition coefficient (Wildman–Crippen LogP) is 2.69. The highest BCUT2D eigenvalue weighted by atomic mass is 35.5. The molecule has 0 aliphatic carbocycles. The average molecular weight is 269 g/mol. The minimum absolute atomic E-state index is 0.240. The molecule has 0 spiro atoms. The third-order valence-electron chi connectivity index (χ3n) is 3.39. The smallest absolute Gasteiger partial charge is 0.339 e. The molecular formula is C13H13ClO4. The number of hydrogen-bond acceptors (Lipinski definition) is 3. The van der Waals surface area contributed by atoms with Gasteiger partial charge in [0.05, 0.1) is 18.2 Å². The molecular weight excluding hydrogens is 256 g/mol. The molecule has 0 amide bonds. The van der Waals surface area contributed by atoms with Gasteiger partial charge in [0.2, 0.25) is 0 Å². The molecule has 96 valence electrons. The van der Waals surface area contributed by atoms with Crippen LogP contribution in [0.25, 0.3) is 0 Å². The number of carbonyl (C=O) groups is 1. The number of rotatable bonds is 1. The van der Waals surface area contributed by atoms with Crippen LogP contribution in [0.2, 0.25) is 5.02 Å². The quantitative estimate of drug-likeness (QED) is 0.851. The molecule has 2 aliphatic heterocycles. The summed E-state index contributed by atoms with van der Waals surface area (Å²) in [5.74, 6) is 0.0270. The van der Waals surface area contributed by atoms with Gasteiger partial charge in [-0.2, -0.15) is 0 Å². The van der Waals surface area contributed by atoms with Crippen LogP contribution in [0.4, 0.5) is 0 Å². The van der Waals surface area contributed by atoms with Crippen LogP contribution in [0.3, 0.4) is 0 Å². The Morgan fingerprint density at radius 1 is 1.06 bits per heavy atom. The van der Waals surface area contributed by atoms with E-state index >= 15 is 0 Å². The molecule has 0 fully saturated rings. The van der Waals surface area contributed by atoms with Crippen LogP contribution in [0, 0.1) is 0 Å². The van der Waals surface area contributed by atoms with Crippen LogP contribution in [0.15, 0.2) is 0 Å². The Morgan fingerprint density at radius 3 is 2.33 bits per heavy atom. The summed E-state index contributed by atoms with van der Waals surface area (Å²) in [6, 6.07) is 0. The Morgan fingerprint density at radius 2 is 1.67 bits per heavy atom. The Hall–Kier alpha value is -1.42. The SMILES string of the molecule is O=C(O)c1c2c(c(Cl)c3c1OCCC3)OCCC2. The van der Waals surface area contributed by atoms with Crippen molar-refractivity contribution in [1.29, 1.82) is 0 Å². The van der Waals surface area contributed by atoms with Gasteiger partial charge in [0.1, 0.15) is 17.1 Å². The van der Waals surface area contributed by atoms with Gasteiger partial charge in [-0.05, 0) is 25.7 Å². The molecule has 0 atom stereocenters. The van der Waals surface area contributed by atoms with E-state index in [1.807, 2.05) is 0 Å². The Labute approximate surface area is 109 Å². The predicted molar refractivity (Wildman–Crippen MR) is 66.0 cm³/mol. The number of aromatic carboxylic acids is 1. The van der Waals surface area contributed by atoms with Gasteiger partial charge in [-0.25, -0.2) is 4.79 Å². The fourth-order valence-electron chi connectivity index (χ4n) is 2.61. The summed E-state index contributed by atoms with van der Waals surface area (Å²) in [6.07, 6.45) is 3.07. The zero-order valence-electron chi connectivity index (χ0n) is 9.79. The van der Waals surface area contributed by atoms with Crippen LogP contribution < -0.4 is 9.47 Å². The number of fused-ring (bicyclic) bond motifs is 2. The van der Waals surface area contributed by atoms with E-state index in [0.717, 1.165) is 24.8 Å². The van der Waals surface area contributed by atoms with E-state index in [1.54, 1.807) is 0 Å². The molecule has 0 aromatic heterocycles. The number of hydrogen-bond donors (Lipinski definition) is 1. The molecule has 2 aliphatic rings. The Kier molecular flexibility index (Phi) is 2.82. The van der Waals surface area contributed by atoms with E-state index < -0.39 is 5.97 Å². The first-order chi connectivity index (χ1) is 8.70. The van der Waals surface area contributed by atoms with Crippen LogP contribution in [0.1, 0.15) is 34.3 Å². The highest BCUT2D eigenvalue weighted by molar-refractivity contribution is 6.33. The van der Waals surface area contributed by atoms with Crippen molar-refractivity contribution in [1.82, 2.24) is 0 Å². The average Bonchev–Trinajstić information content (AvgIpc) is 2.39. The first kappa shape index (κ1) is 11.7. The number of halogens is 1. The minimum atomic E-state index is -0.966. The summed E-state index contributed by atoms with van der Waals surface area (Å²) in [5, 5.41) is 9.94. The van der Waals surface area contributed by atoms with Crippen molar-refractivity contribution in [2.45, 2.75) is 25.7 Å². The lowest BCUT2D eigenvalue weighted by molar-refractivity contribution is 0.0688. The summed E-state index contributed by atoms with van der Waals surface area (Å²) in [4.78, 5) is 11.5. The fourth-order valence-corrected chi connectivity index (χ4v) is 2.96. The van der Waals surface area contributed by atoms with Crippen molar-refractivity contribution >= 4 is 17.6 Å². The summed E-state index contributed by atoms with van der Waals surface area (Å²) in [5.41, 5.74) is 1.70. The number of carboxylic acids is 1. The van der Waals surface area contributed by atoms with E-state index in [9.17, 15) is 9.90 Å². The number of benzene rings is 1. The normalized spacial score (nSPS) is 17.2. The van der Waals surface area contributed by atoms with Gasteiger partial charge in [-0.1, -0.05) is 11.6 Å². The molecule has 18 heavy (non-hydrogen) atoms. The van der Waals surface area contributed by atoms with E-state index in [0.29, 0.717) is 41.7 Å². The van der Waals surface area contributed by atoms with E-state index in [2.05, 4.69) is 0 Å². The van der Waals surface area contributed by atoms with Gasteiger partial charge in [-0.3, -0.25) is 0 Å². The van der Waals surface area contributed by atoms with Crippen molar-refractivity contribution in [3.05, 3.63) is 21.7 Å². The standard InChI is InChI=1S/C13H13ClO4/c14-10-8-4-2-5-17-11(8)9(13(15)16)7-3-1-6-18-12(7)10/h1-6H2,(H,15,16). The first-order valence-corrected chi connectivity index (χ1v) is 6.44. The summed E-state index contributed by atoms with van der Waals surface area (Å²) < 4.78 is 11.1. The Bertz CT molecular complexity index is 487. The zero-order valence-corrected chi connectivity index (χ0v) is 10.5. The van der Waals surface area contributed by atoms with E-state index in [-0.39, 0.29) is 5.56 Å². The molecule has 4 nitrogen and oxygen atoms in total. The zero-order chi connectivity index (χ0) is 12.7. The van der Waals surface area contributed by atoms with Gasteiger partial charge in [-0.15, -0.1) is 0 Å². The molecule has 1 aromatic carbocycles. The maximum Gasteiger partial charge on any atom is 0.339 e. The molecule has 0 bridgehead atoms. The van der Waals surface area contributed by atoms with Crippen molar-refractivity contribution < 1.29 is 19.4 Å². The third kappa shape index (κ3) is 1.63. The minimum Gasteiger partial charge on any atom is -0.492 e. The monoisotopic (exact) mass is 268 g/mol. The largest absolute Gasteiger partial charge is 0.492 e.